The summed E-state index contributed by atoms with van der Waals surface area (Å²) in [5.41, 5.74) is 3.46. The lowest BCUT2D eigenvalue weighted by molar-refractivity contribution is -0.119. The molecule has 6 heteroatoms. The average molecular weight is 335 g/mol. The standard InChI is InChI=1S/C19H17N3O3/c1-2-13-3-6-15(7-4-13)22-18(23)12-25-19(24)14-5-8-16-17(11-14)21-10-9-20-16/h3-11H,2,12H2,1H3,(H,22,23). The fraction of sp³-hybridized carbons (Fsp3) is 0.158. The first-order valence-corrected chi connectivity index (χ1v) is 7.92. The number of amides is 1. The van der Waals surface area contributed by atoms with E-state index >= 15 is 0 Å². The molecule has 6 nitrogen and oxygen atoms in total. The molecule has 0 bridgehead atoms. The maximum atomic E-state index is 12.1. The molecule has 1 heterocycles. The third kappa shape index (κ3) is 4.17. The van der Waals surface area contributed by atoms with Crippen molar-refractivity contribution in [3.63, 3.8) is 0 Å². The van der Waals surface area contributed by atoms with Crippen LogP contribution in [-0.2, 0) is 16.0 Å². The lowest BCUT2D eigenvalue weighted by Gasteiger charge is -2.07. The minimum Gasteiger partial charge on any atom is -0.452 e. The number of ether oxygens (including phenoxy) is 1. The molecule has 1 amide bonds. The van der Waals surface area contributed by atoms with Gasteiger partial charge in [0, 0.05) is 18.1 Å². The summed E-state index contributed by atoms with van der Waals surface area (Å²) < 4.78 is 5.06. The summed E-state index contributed by atoms with van der Waals surface area (Å²) in [6.45, 7) is 1.71. The molecule has 3 aromatic rings. The number of hydrogen-bond acceptors (Lipinski definition) is 5. The monoisotopic (exact) mass is 335 g/mol. The number of hydrogen-bond donors (Lipinski definition) is 1. The summed E-state index contributed by atoms with van der Waals surface area (Å²) in [5.74, 6) is -0.970. The van der Waals surface area contributed by atoms with E-state index in [4.69, 9.17) is 4.74 Å². The highest BCUT2D eigenvalue weighted by Gasteiger charge is 2.11. The van der Waals surface area contributed by atoms with Crippen molar-refractivity contribution >= 4 is 28.6 Å². The van der Waals surface area contributed by atoms with E-state index in [1.54, 1.807) is 30.6 Å². The van der Waals surface area contributed by atoms with E-state index in [0.717, 1.165) is 6.42 Å². The van der Waals surface area contributed by atoms with Crippen LogP contribution < -0.4 is 5.32 Å². The molecule has 0 aliphatic carbocycles. The predicted molar refractivity (Wildman–Crippen MR) is 94.3 cm³/mol. The van der Waals surface area contributed by atoms with Crippen LogP contribution in [0.4, 0.5) is 5.69 Å². The quantitative estimate of drug-likeness (QED) is 0.725. The minimum atomic E-state index is -0.580. The van der Waals surface area contributed by atoms with Crippen LogP contribution in [0, 0.1) is 0 Å². The van der Waals surface area contributed by atoms with Crippen LogP contribution in [-0.4, -0.2) is 28.5 Å². The van der Waals surface area contributed by atoms with Crippen molar-refractivity contribution in [3.8, 4) is 0 Å². The number of anilines is 1. The van der Waals surface area contributed by atoms with E-state index in [0.29, 0.717) is 22.3 Å². The number of benzene rings is 2. The van der Waals surface area contributed by atoms with Crippen molar-refractivity contribution in [3.05, 3.63) is 66.0 Å². The SMILES string of the molecule is CCc1ccc(NC(=O)COC(=O)c2ccc3nccnc3c2)cc1. The predicted octanol–water partition coefficient (Wildman–Crippen LogP) is 2.99. The minimum absolute atomic E-state index is 0.327. The van der Waals surface area contributed by atoms with Gasteiger partial charge in [0.1, 0.15) is 0 Å². The van der Waals surface area contributed by atoms with Gasteiger partial charge < -0.3 is 10.1 Å². The maximum absolute atomic E-state index is 12.1. The highest BCUT2D eigenvalue weighted by atomic mass is 16.5. The smallest absolute Gasteiger partial charge is 0.338 e. The lowest BCUT2D eigenvalue weighted by atomic mass is 10.1. The lowest BCUT2D eigenvalue weighted by Crippen LogP contribution is -2.20. The van der Waals surface area contributed by atoms with Crippen LogP contribution in [0.1, 0.15) is 22.8 Å². The number of carbonyl (C=O) groups is 2. The molecule has 0 atom stereocenters. The topological polar surface area (TPSA) is 81.2 Å². The van der Waals surface area contributed by atoms with Gasteiger partial charge in [0.15, 0.2) is 6.61 Å². The molecular formula is C19H17N3O3. The summed E-state index contributed by atoms with van der Waals surface area (Å²) in [6, 6.07) is 12.4. The number of aromatic nitrogens is 2. The van der Waals surface area contributed by atoms with Crippen molar-refractivity contribution < 1.29 is 14.3 Å². The van der Waals surface area contributed by atoms with Crippen LogP contribution in [0.5, 0.6) is 0 Å². The number of rotatable bonds is 5. The number of nitrogens with zero attached hydrogens (tertiary/aromatic N) is 2. The highest BCUT2D eigenvalue weighted by molar-refractivity contribution is 5.97. The van der Waals surface area contributed by atoms with Crippen molar-refractivity contribution in [1.29, 1.82) is 0 Å². The normalized spacial score (nSPS) is 10.4. The molecule has 0 spiro atoms. The number of fused-ring (bicyclic) bond motifs is 1. The van der Waals surface area contributed by atoms with Gasteiger partial charge in [0.05, 0.1) is 16.6 Å². The molecular weight excluding hydrogens is 318 g/mol. The zero-order valence-electron chi connectivity index (χ0n) is 13.7. The van der Waals surface area contributed by atoms with E-state index in [-0.39, 0.29) is 6.61 Å². The number of carbonyl (C=O) groups excluding carboxylic acids is 2. The Morgan fingerprint density at radius 3 is 2.44 bits per heavy atom. The fourth-order valence-corrected chi connectivity index (χ4v) is 2.33. The Hall–Kier alpha value is -3.28. The fourth-order valence-electron chi connectivity index (χ4n) is 2.33. The van der Waals surface area contributed by atoms with Gasteiger partial charge >= 0.3 is 5.97 Å². The van der Waals surface area contributed by atoms with Crippen LogP contribution in [0.3, 0.4) is 0 Å². The molecule has 0 unspecified atom stereocenters. The summed E-state index contributed by atoms with van der Waals surface area (Å²) in [5, 5.41) is 2.69. The van der Waals surface area contributed by atoms with E-state index in [1.165, 1.54) is 5.56 Å². The molecule has 0 aliphatic heterocycles. The first kappa shape index (κ1) is 16.6. The van der Waals surface area contributed by atoms with Gasteiger partial charge in [0.2, 0.25) is 0 Å². The molecule has 2 aromatic carbocycles. The van der Waals surface area contributed by atoms with E-state index in [2.05, 4.69) is 22.2 Å². The van der Waals surface area contributed by atoms with Gasteiger partial charge in [-0.05, 0) is 42.3 Å². The molecule has 0 saturated heterocycles. The second-order valence-corrected chi connectivity index (χ2v) is 5.43. The molecule has 3 rings (SSSR count). The Morgan fingerprint density at radius 1 is 1.00 bits per heavy atom. The van der Waals surface area contributed by atoms with Gasteiger partial charge in [-0.2, -0.15) is 0 Å². The Kier molecular flexibility index (Phi) is 4.99. The maximum Gasteiger partial charge on any atom is 0.338 e. The molecule has 1 N–H and O–H groups in total. The Balaban J connectivity index is 1.57. The van der Waals surface area contributed by atoms with Crippen LogP contribution in [0.2, 0.25) is 0 Å². The number of esters is 1. The van der Waals surface area contributed by atoms with Crippen LogP contribution in [0.15, 0.2) is 54.9 Å². The first-order chi connectivity index (χ1) is 12.2. The molecule has 1 aromatic heterocycles. The molecule has 0 fully saturated rings. The number of aryl methyl sites for hydroxylation is 1. The van der Waals surface area contributed by atoms with Crippen molar-refractivity contribution in [2.24, 2.45) is 0 Å². The zero-order valence-corrected chi connectivity index (χ0v) is 13.7. The van der Waals surface area contributed by atoms with E-state index in [9.17, 15) is 9.59 Å². The van der Waals surface area contributed by atoms with Crippen molar-refractivity contribution in [2.75, 3.05) is 11.9 Å². The average Bonchev–Trinajstić information content (AvgIpc) is 2.66. The Morgan fingerprint density at radius 2 is 1.72 bits per heavy atom. The Labute approximate surface area is 144 Å². The molecule has 126 valence electrons. The van der Waals surface area contributed by atoms with Crippen molar-refractivity contribution in [1.82, 2.24) is 9.97 Å². The molecule has 0 saturated carbocycles. The molecule has 0 aliphatic rings. The van der Waals surface area contributed by atoms with Gasteiger partial charge in [-0.3, -0.25) is 14.8 Å². The summed E-state index contributed by atoms with van der Waals surface area (Å²) in [6.07, 6.45) is 4.06. The third-order valence-electron chi connectivity index (χ3n) is 3.69. The van der Waals surface area contributed by atoms with E-state index < -0.39 is 11.9 Å². The second kappa shape index (κ2) is 7.53. The zero-order chi connectivity index (χ0) is 17.6. The summed E-state index contributed by atoms with van der Waals surface area (Å²) in [7, 11) is 0. The van der Waals surface area contributed by atoms with Gasteiger partial charge in [-0.25, -0.2) is 4.79 Å². The van der Waals surface area contributed by atoms with Gasteiger partial charge in [-0.1, -0.05) is 19.1 Å². The number of nitrogens with one attached hydrogen (secondary N) is 1. The van der Waals surface area contributed by atoms with Crippen molar-refractivity contribution in [2.45, 2.75) is 13.3 Å². The second-order valence-electron chi connectivity index (χ2n) is 5.43. The van der Waals surface area contributed by atoms with Gasteiger partial charge in [-0.15, -0.1) is 0 Å². The largest absolute Gasteiger partial charge is 0.452 e. The first-order valence-electron chi connectivity index (χ1n) is 7.92. The Bertz CT molecular complexity index is 907. The van der Waals surface area contributed by atoms with Crippen LogP contribution >= 0.6 is 0 Å². The summed E-state index contributed by atoms with van der Waals surface area (Å²) in [4.78, 5) is 32.3. The molecule has 25 heavy (non-hydrogen) atoms. The summed E-state index contributed by atoms with van der Waals surface area (Å²) >= 11 is 0. The molecule has 0 radical (unpaired) electrons. The van der Waals surface area contributed by atoms with E-state index in [1.807, 2.05) is 24.3 Å². The highest BCUT2D eigenvalue weighted by Crippen LogP contribution is 2.12. The third-order valence-corrected chi connectivity index (χ3v) is 3.69. The van der Waals surface area contributed by atoms with Gasteiger partial charge in [0.25, 0.3) is 5.91 Å². The van der Waals surface area contributed by atoms with Crippen LogP contribution in [0.25, 0.3) is 11.0 Å².